The molecule has 2 aromatic carbocycles. The van der Waals surface area contributed by atoms with Crippen LogP contribution in [0.1, 0.15) is 10.4 Å². The number of ether oxygens (including phenoxy) is 1. The van der Waals surface area contributed by atoms with Crippen LogP contribution in [-0.2, 0) is 0 Å². The summed E-state index contributed by atoms with van der Waals surface area (Å²) in [5.41, 5.74) is 1.56. The van der Waals surface area contributed by atoms with E-state index in [1.54, 1.807) is 48.7 Å². The molecule has 5 nitrogen and oxygen atoms in total. The van der Waals surface area contributed by atoms with Crippen LogP contribution >= 0.6 is 0 Å². The van der Waals surface area contributed by atoms with Gasteiger partial charge in [-0.1, -0.05) is 12.1 Å². The molecule has 0 aliphatic carbocycles. The molecule has 142 valence electrons. The molecule has 0 unspecified atom stereocenters. The van der Waals surface area contributed by atoms with Crippen molar-refractivity contribution >= 4 is 11.6 Å². The Kier molecular flexibility index (Phi) is 5.19. The molecule has 1 saturated heterocycles. The van der Waals surface area contributed by atoms with Crippen molar-refractivity contribution in [2.45, 2.75) is 0 Å². The predicted molar refractivity (Wildman–Crippen MR) is 105 cm³/mol. The fourth-order valence-electron chi connectivity index (χ4n) is 3.22. The van der Waals surface area contributed by atoms with Gasteiger partial charge in [0, 0.05) is 49.7 Å². The van der Waals surface area contributed by atoms with Gasteiger partial charge >= 0.3 is 0 Å². The molecule has 0 radical (unpaired) electrons. The molecule has 0 atom stereocenters. The van der Waals surface area contributed by atoms with Crippen LogP contribution in [0.4, 0.5) is 10.1 Å². The summed E-state index contributed by atoms with van der Waals surface area (Å²) in [4.78, 5) is 21.0. The fraction of sp³-hybridized carbons (Fsp3) is 0.182. The van der Waals surface area contributed by atoms with Gasteiger partial charge in [-0.3, -0.25) is 4.79 Å². The molecule has 4 rings (SSSR count). The molecule has 0 N–H and O–H groups in total. The Morgan fingerprint density at radius 2 is 1.71 bits per heavy atom. The van der Waals surface area contributed by atoms with Crippen molar-refractivity contribution in [1.82, 2.24) is 9.88 Å². The van der Waals surface area contributed by atoms with Crippen LogP contribution in [0.25, 0.3) is 0 Å². The van der Waals surface area contributed by atoms with Crippen LogP contribution in [-0.4, -0.2) is 42.0 Å². The van der Waals surface area contributed by atoms with Gasteiger partial charge in [0.1, 0.15) is 11.6 Å². The lowest BCUT2D eigenvalue weighted by Crippen LogP contribution is -2.48. The van der Waals surface area contributed by atoms with E-state index < -0.39 is 0 Å². The van der Waals surface area contributed by atoms with Crippen LogP contribution in [0.3, 0.4) is 0 Å². The molecule has 6 heteroatoms. The molecular formula is C22H20FN3O2. The minimum absolute atomic E-state index is 0.0229. The first-order chi connectivity index (χ1) is 13.7. The van der Waals surface area contributed by atoms with Crippen molar-refractivity contribution < 1.29 is 13.9 Å². The number of nitrogens with zero attached hydrogens (tertiary/aromatic N) is 3. The van der Waals surface area contributed by atoms with Crippen LogP contribution in [0, 0.1) is 5.82 Å². The van der Waals surface area contributed by atoms with Crippen molar-refractivity contribution in [3.05, 3.63) is 84.3 Å². The van der Waals surface area contributed by atoms with Crippen molar-refractivity contribution in [1.29, 1.82) is 0 Å². The Bertz CT molecular complexity index is 940. The summed E-state index contributed by atoms with van der Waals surface area (Å²) in [6.45, 7) is 2.64. The number of hydrogen-bond acceptors (Lipinski definition) is 4. The first kappa shape index (κ1) is 18.0. The second-order valence-electron chi connectivity index (χ2n) is 6.55. The molecule has 2 heterocycles. The van der Waals surface area contributed by atoms with E-state index in [4.69, 9.17) is 4.74 Å². The first-order valence-corrected chi connectivity index (χ1v) is 9.18. The highest BCUT2D eigenvalue weighted by Gasteiger charge is 2.22. The maximum Gasteiger partial charge on any atom is 0.254 e. The Morgan fingerprint density at radius 1 is 0.929 bits per heavy atom. The maximum absolute atomic E-state index is 13.1. The van der Waals surface area contributed by atoms with E-state index in [-0.39, 0.29) is 11.7 Å². The van der Waals surface area contributed by atoms with Gasteiger partial charge in [0.15, 0.2) is 0 Å². The highest BCUT2D eigenvalue weighted by Crippen LogP contribution is 2.22. The highest BCUT2D eigenvalue weighted by molar-refractivity contribution is 5.94. The zero-order valence-electron chi connectivity index (χ0n) is 15.3. The van der Waals surface area contributed by atoms with Crippen molar-refractivity contribution in [3.63, 3.8) is 0 Å². The van der Waals surface area contributed by atoms with Crippen molar-refractivity contribution in [2.75, 3.05) is 31.1 Å². The largest absolute Gasteiger partial charge is 0.439 e. The van der Waals surface area contributed by atoms with E-state index in [0.717, 1.165) is 5.69 Å². The Hall–Kier alpha value is -3.41. The molecule has 1 amide bonds. The van der Waals surface area contributed by atoms with Crippen LogP contribution < -0.4 is 9.64 Å². The smallest absolute Gasteiger partial charge is 0.254 e. The monoisotopic (exact) mass is 377 g/mol. The number of hydrogen-bond donors (Lipinski definition) is 0. The molecule has 1 aliphatic rings. The number of carbonyl (C=O) groups is 1. The standard InChI is InChI=1S/C22H20FN3O2/c23-18-7-9-19(10-8-18)25-12-14-26(15-13-25)22(27)17-4-3-5-20(16-17)28-21-6-1-2-11-24-21/h1-11,16H,12-15H2. The van der Waals surface area contributed by atoms with Crippen molar-refractivity contribution in [3.8, 4) is 11.6 Å². The van der Waals surface area contributed by atoms with Crippen LogP contribution in [0.2, 0.25) is 0 Å². The maximum atomic E-state index is 13.1. The van der Waals surface area contributed by atoms with Gasteiger partial charge in [0.2, 0.25) is 5.88 Å². The number of piperazine rings is 1. The third-order valence-electron chi connectivity index (χ3n) is 4.70. The zero-order valence-corrected chi connectivity index (χ0v) is 15.3. The zero-order chi connectivity index (χ0) is 19.3. The third kappa shape index (κ3) is 4.11. The number of pyridine rings is 1. The number of carbonyl (C=O) groups excluding carboxylic acids is 1. The number of amides is 1. The molecule has 1 fully saturated rings. The predicted octanol–water partition coefficient (Wildman–Crippen LogP) is 3.98. The van der Waals surface area contributed by atoms with Crippen LogP contribution in [0.5, 0.6) is 11.6 Å². The summed E-state index contributed by atoms with van der Waals surface area (Å²) in [6.07, 6.45) is 1.66. The van der Waals surface area contributed by atoms with E-state index in [1.807, 2.05) is 17.0 Å². The number of rotatable bonds is 4. The van der Waals surface area contributed by atoms with Gasteiger partial charge in [-0.15, -0.1) is 0 Å². The van der Waals surface area contributed by atoms with Gasteiger partial charge in [-0.2, -0.15) is 0 Å². The minimum atomic E-state index is -0.245. The van der Waals surface area contributed by atoms with E-state index >= 15 is 0 Å². The fourth-order valence-corrected chi connectivity index (χ4v) is 3.22. The minimum Gasteiger partial charge on any atom is -0.439 e. The first-order valence-electron chi connectivity index (χ1n) is 9.18. The van der Waals surface area contributed by atoms with E-state index in [9.17, 15) is 9.18 Å². The summed E-state index contributed by atoms with van der Waals surface area (Å²) in [7, 11) is 0. The summed E-state index contributed by atoms with van der Waals surface area (Å²) in [6, 6.07) is 19.0. The molecular weight excluding hydrogens is 357 g/mol. The summed E-state index contributed by atoms with van der Waals surface area (Å²) in [5.74, 6) is 0.796. The lowest BCUT2D eigenvalue weighted by molar-refractivity contribution is 0.0746. The lowest BCUT2D eigenvalue weighted by atomic mass is 10.1. The quantitative estimate of drug-likeness (QED) is 0.690. The molecule has 3 aromatic rings. The normalized spacial score (nSPS) is 14.0. The average Bonchev–Trinajstić information content (AvgIpc) is 2.75. The molecule has 28 heavy (non-hydrogen) atoms. The number of benzene rings is 2. The van der Waals surface area contributed by atoms with E-state index in [0.29, 0.717) is 43.4 Å². The second kappa shape index (κ2) is 8.08. The van der Waals surface area contributed by atoms with E-state index in [1.165, 1.54) is 12.1 Å². The highest BCUT2D eigenvalue weighted by atomic mass is 19.1. The van der Waals surface area contributed by atoms with Crippen LogP contribution in [0.15, 0.2) is 72.9 Å². The van der Waals surface area contributed by atoms with E-state index in [2.05, 4.69) is 9.88 Å². The van der Waals surface area contributed by atoms with Gasteiger partial charge in [0.25, 0.3) is 5.91 Å². The molecule has 0 saturated carbocycles. The van der Waals surface area contributed by atoms with Crippen molar-refractivity contribution in [2.24, 2.45) is 0 Å². The number of halogens is 1. The summed E-state index contributed by atoms with van der Waals surface area (Å²) >= 11 is 0. The second-order valence-corrected chi connectivity index (χ2v) is 6.55. The topological polar surface area (TPSA) is 45.7 Å². The Morgan fingerprint density at radius 3 is 2.43 bits per heavy atom. The number of aromatic nitrogens is 1. The number of anilines is 1. The van der Waals surface area contributed by atoms with Gasteiger partial charge in [0.05, 0.1) is 0 Å². The average molecular weight is 377 g/mol. The summed E-state index contributed by atoms with van der Waals surface area (Å²) in [5, 5.41) is 0. The molecule has 0 bridgehead atoms. The molecule has 1 aliphatic heterocycles. The Labute approximate surface area is 163 Å². The SMILES string of the molecule is O=C(c1cccc(Oc2ccccn2)c1)N1CCN(c2ccc(F)cc2)CC1. The molecule has 1 aromatic heterocycles. The third-order valence-corrected chi connectivity index (χ3v) is 4.70. The van der Waals surface area contributed by atoms with Gasteiger partial charge in [-0.25, -0.2) is 9.37 Å². The van der Waals surface area contributed by atoms with Gasteiger partial charge in [-0.05, 0) is 48.5 Å². The molecule has 0 spiro atoms. The summed E-state index contributed by atoms with van der Waals surface area (Å²) < 4.78 is 18.8. The Balaban J connectivity index is 1.40. The van der Waals surface area contributed by atoms with Gasteiger partial charge < -0.3 is 14.5 Å². The lowest BCUT2D eigenvalue weighted by Gasteiger charge is -2.36.